The van der Waals surface area contributed by atoms with E-state index in [0.29, 0.717) is 0 Å². The average molecular weight is 268 g/mol. The second kappa shape index (κ2) is 4.06. The van der Waals surface area contributed by atoms with Crippen molar-refractivity contribution in [2.24, 2.45) is 0 Å². The Labute approximate surface area is 96.2 Å². The molecule has 1 aromatic heterocycles. The lowest BCUT2D eigenvalue weighted by atomic mass is 10.2. The Balaban J connectivity index is 2.69. The number of methoxy groups -OCH3 is 2. The van der Waals surface area contributed by atoms with Crippen LogP contribution in [0.1, 0.15) is 0 Å². The summed E-state index contributed by atoms with van der Waals surface area (Å²) in [7, 11) is 3.26. The zero-order valence-electron chi connectivity index (χ0n) is 8.45. The summed E-state index contributed by atoms with van der Waals surface area (Å²) < 4.78 is 11.2. The van der Waals surface area contributed by atoms with Crippen LogP contribution in [0, 0.1) is 0 Å². The predicted octanol–water partition coefficient (Wildman–Crippen LogP) is 3.01. The van der Waals surface area contributed by atoms with E-state index in [4.69, 9.17) is 9.47 Å². The van der Waals surface area contributed by atoms with Crippen molar-refractivity contribution in [3.8, 4) is 11.5 Å². The van der Waals surface area contributed by atoms with E-state index in [1.54, 1.807) is 20.4 Å². The number of rotatable bonds is 2. The molecule has 1 aromatic carbocycles. The van der Waals surface area contributed by atoms with Gasteiger partial charge in [0.15, 0.2) is 0 Å². The Bertz CT molecular complexity index is 494. The number of ether oxygens (including phenoxy) is 2. The fourth-order valence-electron chi connectivity index (χ4n) is 1.39. The quantitative estimate of drug-likeness (QED) is 0.838. The van der Waals surface area contributed by atoms with Crippen LogP contribution >= 0.6 is 15.9 Å². The number of hydrogen-bond donors (Lipinski definition) is 0. The summed E-state index contributed by atoms with van der Waals surface area (Å²) in [5.74, 6) is 1.53. The molecule has 0 aliphatic carbocycles. The minimum atomic E-state index is 0.739. The van der Waals surface area contributed by atoms with Crippen molar-refractivity contribution in [3.05, 3.63) is 28.9 Å². The molecule has 0 saturated heterocycles. The zero-order chi connectivity index (χ0) is 10.8. The summed E-state index contributed by atoms with van der Waals surface area (Å²) >= 11 is 3.45. The van der Waals surface area contributed by atoms with E-state index in [9.17, 15) is 0 Å². The Morgan fingerprint density at radius 3 is 2.40 bits per heavy atom. The van der Waals surface area contributed by atoms with E-state index in [-0.39, 0.29) is 0 Å². The third-order valence-electron chi connectivity index (χ3n) is 2.16. The Hall–Kier alpha value is -1.29. The van der Waals surface area contributed by atoms with Crippen molar-refractivity contribution in [2.75, 3.05) is 14.2 Å². The second-order valence-electron chi connectivity index (χ2n) is 3.06. The molecular formula is C11H10BrNO2. The molecule has 0 N–H and O–H groups in total. The van der Waals surface area contributed by atoms with Gasteiger partial charge < -0.3 is 9.47 Å². The highest BCUT2D eigenvalue weighted by molar-refractivity contribution is 9.10. The summed E-state index contributed by atoms with van der Waals surface area (Å²) in [6.07, 6.45) is 1.69. The lowest BCUT2D eigenvalue weighted by Crippen LogP contribution is -1.88. The molecule has 0 aliphatic rings. The summed E-state index contributed by atoms with van der Waals surface area (Å²) in [5, 5.41) is 0.987. The summed E-state index contributed by atoms with van der Waals surface area (Å²) in [4.78, 5) is 4.30. The van der Waals surface area contributed by atoms with Gasteiger partial charge in [-0.1, -0.05) is 0 Å². The molecule has 0 spiro atoms. The molecule has 15 heavy (non-hydrogen) atoms. The monoisotopic (exact) mass is 267 g/mol. The molecule has 0 unspecified atom stereocenters. The molecular weight excluding hydrogens is 258 g/mol. The standard InChI is InChI=1S/C11H10BrNO2/c1-14-8-3-7-4-9(15-2)6-13-11(7)10(12)5-8/h3-6H,1-2H3. The molecule has 0 fully saturated rings. The SMILES string of the molecule is COc1cnc2c(Br)cc(OC)cc2c1. The van der Waals surface area contributed by atoms with E-state index in [2.05, 4.69) is 20.9 Å². The number of pyridine rings is 1. The van der Waals surface area contributed by atoms with Crippen LogP contribution < -0.4 is 9.47 Å². The van der Waals surface area contributed by atoms with E-state index in [1.165, 1.54) is 0 Å². The molecule has 78 valence electrons. The number of halogens is 1. The van der Waals surface area contributed by atoms with Gasteiger partial charge in [-0.3, -0.25) is 4.98 Å². The molecule has 4 heteroatoms. The van der Waals surface area contributed by atoms with Gasteiger partial charge in [0.1, 0.15) is 11.5 Å². The van der Waals surface area contributed by atoms with Gasteiger partial charge in [-0.05, 0) is 34.1 Å². The zero-order valence-corrected chi connectivity index (χ0v) is 10.0. The first-order valence-corrected chi connectivity index (χ1v) is 5.21. The maximum atomic E-state index is 5.18. The molecule has 3 nitrogen and oxygen atoms in total. The smallest absolute Gasteiger partial charge is 0.137 e. The maximum Gasteiger partial charge on any atom is 0.137 e. The maximum absolute atomic E-state index is 5.18. The van der Waals surface area contributed by atoms with Gasteiger partial charge in [0.2, 0.25) is 0 Å². The minimum Gasteiger partial charge on any atom is -0.497 e. The molecule has 2 rings (SSSR count). The fourth-order valence-corrected chi connectivity index (χ4v) is 1.95. The van der Waals surface area contributed by atoms with E-state index < -0.39 is 0 Å². The summed E-state index contributed by atoms with van der Waals surface area (Å²) in [6.45, 7) is 0. The Morgan fingerprint density at radius 2 is 1.73 bits per heavy atom. The first kappa shape index (κ1) is 10.2. The first-order valence-electron chi connectivity index (χ1n) is 4.42. The highest BCUT2D eigenvalue weighted by Gasteiger charge is 2.04. The van der Waals surface area contributed by atoms with Crippen molar-refractivity contribution < 1.29 is 9.47 Å². The molecule has 1 heterocycles. The molecule has 0 bridgehead atoms. The van der Waals surface area contributed by atoms with Crippen molar-refractivity contribution in [1.29, 1.82) is 0 Å². The molecule has 0 amide bonds. The number of hydrogen-bond acceptors (Lipinski definition) is 3. The van der Waals surface area contributed by atoms with Crippen LogP contribution in [0.15, 0.2) is 28.9 Å². The topological polar surface area (TPSA) is 31.4 Å². The highest BCUT2D eigenvalue weighted by atomic mass is 79.9. The lowest BCUT2D eigenvalue weighted by molar-refractivity contribution is 0.412. The van der Waals surface area contributed by atoms with Crippen LogP contribution in [0.2, 0.25) is 0 Å². The molecule has 2 aromatic rings. The fraction of sp³-hybridized carbons (Fsp3) is 0.182. The molecule has 0 aliphatic heterocycles. The molecule has 0 saturated carbocycles. The molecule has 0 atom stereocenters. The summed E-state index contributed by atoms with van der Waals surface area (Å²) in [6, 6.07) is 5.74. The highest BCUT2D eigenvalue weighted by Crippen LogP contribution is 2.29. The van der Waals surface area contributed by atoms with E-state index in [0.717, 1.165) is 26.9 Å². The van der Waals surface area contributed by atoms with Crippen LogP contribution in [0.3, 0.4) is 0 Å². The van der Waals surface area contributed by atoms with Crippen molar-refractivity contribution in [2.45, 2.75) is 0 Å². The lowest BCUT2D eigenvalue weighted by Gasteiger charge is -2.06. The largest absolute Gasteiger partial charge is 0.497 e. The second-order valence-corrected chi connectivity index (χ2v) is 3.91. The number of nitrogens with zero attached hydrogens (tertiary/aromatic N) is 1. The number of benzene rings is 1. The van der Waals surface area contributed by atoms with Gasteiger partial charge in [0, 0.05) is 9.86 Å². The summed E-state index contributed by atoms with van der Waals surface area (Å²) in [5.41, 5.74) is 0.900. The van der Waals surface area contributed by atoms with Crippen LogP contribution in [-0.4, -0.2) is 19.2 Å². The van der Waals surface area contributed by atoms with Crippen LogP contribution in [0.4, 0.5) is 0 Å². The van der Waals surface area contributed by atoms with Gasteiger partial charge in [-0.15, -0.1) is 0 Å². The van der Waals surface area contributed by atoms with Crippen LogP contribution in [0.25, 0.3) is 10.9 Å². The Kier molecular flexibility index (Phi) is 2.77. The van der Waals surface area contributed by atoms with E-state index in [1.807, 2.05) is 18.2 Å². The van der Waals surface area contributed by atoms with Gasteiger partial charge in [-0.25, -0.2) is 0 Å². The van der Waals surface area contributed by atoms with Crippen LogP contribution in [-0.2, 0) is 0 Å². The predicted molar refractivity (Wildman–Crippen MR) is 62.5 cm³/mol. The van der Waals surface area contributed by atoms with Crippen molar-refractivity contribution in [3.63, 3.8) is 0 Å². The third-order valence-corrected chi connectivity index (χ3v) is 2.76. The van der Waals surface area contributed by atoms with Crippen molar-refractivity contribution >= 4 is 26.8 Å². The van der Waals surface area contributed by atoms with Gasteiger partial charge in [-0.2, -0.15) is 0 Å². The van der Waals surface area contributed by atoms with Gasteiger partial charge >= 0.3 is 0 Å². The number of fused-ring (bicyclic) bond motifs is 1. The first-order chi connectivity index (χ1) is 7.24. The normalized spacial score (nSPS) is 10.3. The van der Waals surface area contributed by atoms with E-state index >= 15 is 0 Å². The van der Waals surface area contributed by atoms with Gasteiger partial charge in [0.05, 0.1) is 25.9 Å². The van der Waals surface area contributed by atoms with Gasteiger partial charge in [0.25, 0.3) is 0 Å². The van der Waals surface area contributed by atoms with Crippen LogP contribution in [0.5, 0.6) is 11.5 Å². The number of aromatic nitrogens is 1. The van der Waals surface area contributed by atoms with Crippen molar-refractivity contribution in [1.82, 2.24) is 4.98 Å². The molecule has 0 radical (unpaired) electrons. The minimum absolute atomic E-state index is 0.739. The average Bonchev–Trinajstić information content (AvgIpc) is 2.28. The third kappa shape index (κ3) is 1.90. The Morgan fingerprint density at radius 1 is 1.07 bits per heavy atom.